The average molecular weight is 247 g/mol. The quantitative estimate of drug-likeness (QED) is 0.845. The Morgan fingerprint density at radius 2 is 2.17 bits per heavy atom. The number of aromatic nitrogens is 4. The fourth-order valence-electron chi connectivity index (χ4n) is 2.15. The van der Waals surface area contributed by atoms with Gasteiger partial charge in [0.25, 0.3) is 0 Å². The molecule has 0 aliphatic heterocycles. The van der Waals surface area contributed by atoms with E-state index >= 15 is 0 Å². The maximum Gasteiger partial charge on any atom is 0.0946 e. The Morgan fingerprint density at radius 1 is 1.33 bits per heavy atom. The average Bonchev–Trinajstić information content (AvgIpc) is 2.99. The van der Waals surface area contributed by atoms with Crippen LogP contribution in [0.15, 0.2) is 24.8 Å². The molecule has 0 spiro atoms. The van der Waals surface area contributed by atoms with Crippen LogP contribution >= 0.6 is 0 Å². The minimum Gasteiger partial charge on any atom is -0.336 e. The topological polar surface area (TPSA) is 47.7 Å². The van der Waals surface area contributed by atoms with Crippen LogP contribution in [-0.4, -0.2) is 25.9 Å². The standard InChI is InChI=1S/C13H21N5/c1-4-7-15-13(12-9-14-10-17(12)3)11-6-8-16-18(11)5-2/h6,8-10,13,15H,4-5,7H2,1-3H3. The van der Waals surface area contributed by atoms with Crippen LogP contribution in [0.2, 0.25) is 0 Å². The summed E-state index contributed by atoms with van der Waals surface area (Å²) in [6.45, 7) is 6.14. The molecular weight excluding hydrogens is 226 g/mol. The van der Waals surface area contributed by atoms with Gasteiger partial charge >= 0.3 is 0 Å². The van der Waals surface area contributed by atoms with Gasteiger partial charge in [-0.3, -0.25) is 4.68 Å². The second kappa shape index (κ2) is 5.82. The maximum absolute atomic E-state index is 4.35. The first-order valence-electron chi connectivity index (χ1n) is 6.49. The highest BCUT2D eigenvalue weighted by atomic mass is 15.3. The van der Waals surface area contributed by atoms with Gasteiger partial charge in [0.2, 0.25) is 0 Å². The van der Waals surface area contributed by atoms with Crippen LogP contribution in [0.5, 0.6) is 0 Å². The summed E-state index contributed by atoms with van der Waals surface area (Å²) in [6, 6.07) is 2.23. The van der Waals surface area contributed by atoms with Crippen molar-refractivity contribution in [2.75, 3.05) is 6.54 Å². The second-order valence-corrected chi connectivity index (χ2v) is 4.39. The smallest absolute Gasteiger partial charge is 0.0946 e. The highest BCUT2D eigenvalue weighted by Gasteiger charge is 2.19. The molecule has 5 nitrogen and oxygen atoms in total. The largest absolute Gasteiger partial charge is 0.336 e. The van der Waals surface area contributed by atoms with Crippen LogP contribution in [0.1, 0.15) is 37.7 Å². The molecule has 0 radical (unpaired) electrons. The van der Waals surface area contributed by atoms with Gasteiger partial charge in [-0.05, 0) is 26.0 Å². The van der Waals surface area contributed by atoms with E-state index in [0.717, 1.165) is 19.5 Å². The number of aryl methyl sites for hydroxylation is 2. The van der Waals surface area contributed by atoms with E-state index in [1.165, 1.54) is 11.4 Å². The molecule has 0 aliphatic rings. The highest BCUT2D eigenvalue weighted by molar-refractivity contribution is 5.20. The predicted molar refractivity (Wildman–Crippen MR) is 71.2 cm³/mol. The molecule has 2 rings (SSSR count). The van der Waals surface area contributed by atoms with Crippen LogP contribution < -0.4 is 5.32 Å². The van der Waals surface area contributed by atoms with E-state index in [2.05, 4.69) is 39.9 Å². The van der Waals surface area contributed by atoms with Gasteiger partial charge in [-0.2, -0.15) is 5.10 Å². The summed E-state index contributed by atoms with van der Waals surface area (Å²) in [7, 11) is 2.02. The zero-order valence-electron chi connectivity index (χ0n) is 11.3. The lowest BCUT2D eigenvalue weighted by Crippen LogP contribution is -2.27. The monoisotopic (exact) mass is 247 g/mol. The third-order valence-electron chi connectivity index (χ3n) is 3.09. The van der Waals surface area contributed by atoms with Crippen LogP contribution in [0.3, 0.4) is 0 Å². The van der Waals surface area contributed by atoms with Gasteiger partial charge in [0.15, 0.2) is 0 Å². The summed E-state index contributed by atoms with van der Waals surface area (Å²) < 4.78 is 4.08. The first-order chi connectivity index (χ1) is 8.77. The third kappa shape index (κ3) is 2.46. The van der Waals surface area contributed by atoms with E-state index in [4.69, 9.17) is 0 Å². The van der Waals surface area contributed by atoms with Crippen molar-refractivity contribution < 1.29 is 0 Å². The molecule has 0 aliphatic carbocycles. The lowest BCUT2D eigenvalue weighted by atomic mass is 10.1. The summed E-state index contributed by atoms with van der Waals surface area (Å²) in [5.41, 5.74) is 2.35. The molecule has 5 heteroatoms. The highest BCUT2D eigenvalue weighted by Crippen LogP contribution is 2.21. The number of nitrogens with one attached hydrogen (secondary N) is 1. The summed E-state index contributed by atoms with van der Waals surface area (Å²) in [6.07, 6.45) is 6.72. The fourth-order valence-corrected chi connectivity index (χ4v) is 2.15. The normalized spacial score (nSPS) is 12.8. The molecule has 0 fully saturated rings. The first kappa shape index (κ1) is 12.8. The second-order valence-electron chi connectivity index (χ2n) is 4.39. The van der Waals surface area contributed by atoms with E-state index in [9.17, 15) is 0 Å². The molecule has 0 amide bonds. The maximum atomic E-state index is 4.35. The van der Waals surface area contributed by atoms with E-state index < -0.39 is 0 Å². The van der Waals surface area contributed by atoms with Crippen molar-refractivity contribution in [1.29, 1.82) is 0 Å². The molecule has 0 aromatic carbocycles. The number of hydrogen-bond acceptors (Lipinski definition) is 3. The summed E-state index contributed by atoms with van der Waals surface area (Å²) in [5.74, 6) is 0. The Hall–Kier alpha value is -1.62. The summed E-state index contributed by atoms with van der Waals surface area (Å²) in [4.78, 5) is 4.21. The van der Waals surface area contributed by atoms with Crippen molar-refractivity contribution in [3.8, 4) is 0 Å². The number of rotatable bonds is 6. The molecule has 1 unspecified atom stereocenters. The van der Waals surface area contributed by atoms with Gasteiger partial charge in [0, 0.05) is 19.8 Å². The number of imidazole rings is 1. The van der Waals surface area contributed by atoms with Crippen molar-refractivity contribution in [2.45, 2.75) is 32.9 Å². The van der Waals surface area contributed by atoms with Gasteiger partial charge < -0.3 is 9.88 Å². The Balaban J connectivity index is 2.34. The minimum atomic E-state index is 0.153. The molecule has 2 heterocycles. The molecule has 18 heavy (non-hydrogen) atoms. The minimum absolute atomic E-state index is 0.153. The van der Waals surface area contributed by atoms with Crippen molar-refractivity contribution in [2.24, 2.45) is 7.05 Å². The molecule has 0 bridgehead atoms. The molecular formula is C13H21N5. The van der Waals surface area contributed by atoms with E-state index in [-0.39, 0.29) is 6.04 Å². The molecule has 2 aromatic rings. The van der Waals surface area contributed by atoms with E-state index in [1.807, 2.05) is 30.5 Å². The molecule has 0 saturated carbocycles. The SMILES string of the molecule is CCCNC(c1cncn1C)c1ccnn1CC. The zero-order chi connectivity index (χ0) is 13.0. The lowest BCUT2D eigenvalue weighted by Gasteiger charge is -2.20. The Morgan fingerprint density at radius 3 is 2.78 bits per heavy atom. The molecule has 2 aromatic heterocycles. The van der Waals surface area contributed by atoms with Crippen molar-refractivity contribution in [3.05, 3.63) is 36.2 Å². The number of hydrogen-bond donors (Lipinski definition) is 1. The number of nitrogens with zero attached hydrogens (tertiary/aromatic N) is 4. The van der Waals surface area contributed by atoms with Crippen molar-refractivity contribution >= 4 is 0 Å². The van der Waals surface area contributed by atoms with Gasteiger partial charge in [-0.25, -0.2) is 4.98 Å². The van der Waals surface area contributed by atoms with Gasteiger partial charge in [-0.1, -0.05) is 6.92 Å². The van der Waals surface area contributed by atoms with Gasteiger partial charge in [0.1, 0.15) is 0 Å². The first-order valence-corrected chi connectivity index (χ1v) is 6.49. The fraction of sp³-hybridized carbons (Fsp3) is 0.538. The van der Waals surface area contributed by atoms with Crippen molar-refractivity contribution in [3.63, 3.8) is 0 Å². The Kier molecular flexibility index (Phi) is 4.15. The Bertz CT molecular complexity index is 485. The molecule has 1 atom stereocenters. The third-order valence-corrected chi connectivity index (χ3v) is 3.09. The molecule has 0 saturated heterocycles. The van der Waals surface area contributed by atoms with E-state index in [0.29, 0.717) is 0 Å². The Labute approximate surface area is 108 Å². The van der Waals surface area contributed by atoms with E-state index in [1.54, 1.807) is 0 Å². The van der Waals surface area contributed by atoms with Gasteiger partial charge in [-0.15, -0.1) is 0 Å². The van der Waals surface area contributed by atoms with Gasteiger partial charge in [0.05, 0.1) is 30.0 Å². The van der Waals surface area contributed by atoms with Crippen LogP contribution in [0.4, 0.5) is 0 Å². The van der Waals surface area contributed by atoms with Crippen LogP contribution in [0, 0.1) is 0 Å². The molecule has 98 valence electrons. The van der Waals surface area contributed by atoms with Crippen molar-refractivity contribution in [1.82, 2.24) is 24.6 Å². The molecule has 1 N–H and O–H groups in total. The zero-order valence-corrected chi connectivity index (χ0v) is 11.3. The van der Waals surface area contributed by atoms with Crippen LogP contribution in [-0.2, 0) is 13.6 Å². The summed E-state index contributed by atoms with van der Waals surface area (Å²) >= 11 is 0. The van der Waals surface area contributed by atoms with Crippen LogP contribution in [0.25, 0.3) is 0 Å². The summed E-state index contributed by atoms with van der Waals surface area (Å²) in [5, 5.41) is 7.92. The predicted octanol–water partition coefficient (Wildman–Crippen LogP) is 1.73. The lowest BCUT2D eigenvalue weighted by molar-refractivity contribution is 0.512.